The van der Waals surface area contributed by atoms with Crippen LogP contribution in [0.1, 0.15) is 51.9 Å². The zero-order valence-corrected chi connectivity index (χ0v) is 15.4. The van der Waals surface area contributed by atoms with Gasteiger partial charge < -0.3 is 14.8 Å². The molecule has 2 atom stereocenters. The van der Waals surface area contributed by atoms with E-state index < -0.39 is 18.0 Å². The fourth-order valence-corrected chi connectivity index (χ4v) is 5.71. The molecule has 6 nitrogen and oxygen atoms in total. The van der Waals surface area contributed by atoms with Gasteiger partial charge in [0.25, 0.3) is 0 Å². The second kappa shape index (κ2) is 6.96. The minimum Gasteiger partial charge on any atom is -0.469 e. The summed E-state index contributed by atoms with van der Waals surface area (Å²) in [6.45, 7) is 1.76. The predicted octanol–water partition coefficient (Wildman–Crippen LogP) is 2.06. The van der Waals surface area contributed by atoms with Crippen LogP contribution in [-0.4, -0.2) is 38.1 Å². The maximum Gasteiger partial charge on any atom is 0.328 e. The van der Waals surface area contributed by atoms with Gasteiger partial charge in [0.15, 0.2) is 0 Å². The van der Waals surface area contributed by atoms with Gasteiger partial charge in [-0.2, -0.15) is 0 Å². The average molecular weight is 351 g/mol. The van der Waals surface area contributed by atoms with Crippen molar-refractivity contribution in [3.8, 4) is 0 Å². The summed E-state index contributed by atoms with van der Waals surface area (Å²) >= 11 is 0. The van der Waals surface area contributed by atoms with Crippen LogP contribution in [0.25, 0.3) is 0 Å². The van der Waals surface area contributed by atoms with Crippen molar-refractivity contribution < 1.29 is 23.9 Å². The molecule has 0 radical (unpaired) electrons. The molecule has 0 heterocycles. The van der Waals surface area contributed by atoms with Gasteiger partial charge >= 0.3 is 11.9 Å². The Kier molecular flexibility index (Phi) is 5.07. The maximum atomic E-state index is 13.2. The quantitative estimate of drug-likeness (QED) is 0.741. The highest BCUT2D eigenvalue weighted by Gasteiger charge is 2.55. The van der Waals surface area contributed by atoms with Crippen LogP contribution in [0.4, 0.5) is 0 Å². The van der Waals surface area contributed by atoms with E-state index in [0.29, 0.717) is 17.8 Å². The van der Waals surface area contributed by atoms with Crippen molar-refractivity contribution in [3.05, 3.63) is 0 Å². The first-order valence-electron chi connectivity index (χ1n) is 9.32. The Labute approximate surface area is 149 Å². The highest BCUT2D eigenvalue weighted by molar-refractivity contribution is 5.89. The Morgan fingerprint density at radius 1 is 1.00 bits per heavy atom. The van der Waals surface area contributed by atoms with Crippen LogP contribution in [0, 0.1) is 29.1 Å². The lowest BCUT2D eigenvalue weighted by Crippen LogP contribution is -2.57. The third-order valence-electron chi connectivity index (χ3n) is 6.55. The lowest BCUT2D eigenvalue weighted by atomic mass is 9.49. The molecule has 25 heavy (non-hydrogen) atoms. The molecule has 0 saturated heterocycles. The molecule has 4 aliphatic carbocycles. The topological polar surface area (TPSA) is 81.7 Å². The van der Waals surface area contributed by atoms with Gasteiger partial charge in [-0.1, -0.05) is 6.92 Å². The van der Waals surface area contributed by atoms with E-state index in [2.05, 4.69) is 10.1 Å². The third kappa shape index (κ3) is 3.53. The van der Waals surface area contributed by atoms with Crippen molar-refractivity contribution in [2.45, 2.75) is 57.9 Å². The Balaban J connectivity index is 1.72. The van der Waals surface area contributed by atoms with Crippen LogP contribution in [0.3, 0.4) is 0 Å². The molecular formula is C19H29NO5. The smallest absolute Gasteiger partial charge is 0.328 e. The summed E-state index contributed by atoms with van der Waals surface area (Å²) in [5.74, 6) is 0.652. The van der Waals surface area contributed by atoms with Crippen molar-refractivity contribution in [1.29, 1.82) is 0 Å². The van der Waals surface area contributed by atoms with E-state index in [1.807, 2.05) is 0 Å². The number of methoxy groups -OCH3 is 2. The number of esters is 2. The van der Waals surface area contributed by atoms with Gasteiger partial charge in [-0.05, 0) is 62.2 Å². The molecule has 4 rings (SSSR count). The molecule has 140 valence electrons. The van der Waals surface area contributed by atoms with Crippen molar-refractivity contribution in [1.82, 2.24) is 5.32 Å². The normalized spacial score (nSPS) is 34.9. The molecule has 4 aliphatic rings. The van der Waals surface area contributed by atoms with E-state index in [4.69, 9.17) is 4.74 Å². The fourth-order valence-electron chi connectivity index (χ4n) is 5.71. The standard InChI is InChI=1S/C19H29NO5/c1-11(4-15(21)24-2)16(17(22)25-3)20-18(23)19-8-12-5-13(9-19)7-14(6-12)10-19/h11-14,16H,4-10H2,1-3H3,(H,20,23)/t11-,12?,13?,14?,16+,19?/m1/s1. The number of rotatable bonds is 6. The van der Waals surface area contributed by atoms with E-state index in [1.165, 1.54) is 33.5 Å². The van der Waals surface area contributed by atoms with E-state index in [-0.39, 0.29) is 23.7 Å². The van der Waals surface area contributed by atoms with Crippen molar-refractivity contribution in [3.63, 3.8) is 0 Å². The van der Waals surface area contributed by atoms with Crippen molar-refractivity contribution in [2.24, 2.45) is 29.1 Å². The Morgan fingerprint density at radius 2 is 1.52 bits per heavy atom. The largest absolute Gasteiger partial charge is 0.469 e. The average Bonchev–Trinajstić information content (AvgIpc) is 2.57. The van der Waals surface area contributed by atoms with Crippen LogP contribution < -0.4 is 5.32 Å². The Hall–Kier alpha value is -1.59. The molecule has 0 unspecified atom stereocenters. The zero-order chi connectivity index (χ0) is 18.2. The minimum absolute atomic E-state index is 0.0290. The third-order valence-corrected chi connectivity index (χ3v) is 6.55. The minimum atomic E-state index is -0.815. The molecule has 0 aromatic carbocycles. The monoisotopic (exact) mass is 351 g/mol. The molecule has 4 saturated carbocycles. The molecule has 1 amide bonds. The van der Waals surface area contributed by atoms with Gasteiger partial charge in [0.05, 0.1) is 20.6 Å². The summed E-state index contributed by atoms with van der Waals surface area (Å²) in [6, 6.07) is -0.815. The SMILES string of the molecule is COC(=O)C[C@@H](C)[C@H](NC(=O)C12CC3CC(CC(C3)C1)C2)C(=O)OC. The van der Waals surface area contributed by atoms with Gasteiger partial charge in [-0.3, -0.25) is 9.59 Å². The van der Waals surface area contributed by atoms with Gasteiger partial charge in [0.1, 0.15) is 6.04 Å². The molecule has 0 aliphatic heterocycles. The van der Waals surface area contributed by atoms with Crippen LogP contribution in [0.5, 0.6) is 0 Å². The summed E-state index contributed by atoms with van der Waals surface area (Å²) in [6.07, 6.45) is 6.64. The van der Waals surface area contributed by atoms with Crippen LogP contribution >= 0.6 is 0 Å². The van der Waals surface area contributed by atoms with E-state index in [1.54, 1.807) is 6.92 Å². The second-order valence-electron chi connectivity index (χ2n) is 8.43. The van der Waals surface area contributed by atoms with Gasteiger partial charge in [-0.25, -0.2) is 4.79 Å². The lowest BCUT2D eigenvalue weighted by Gasteiger charge is -2.55. The summed E-state index contributed by atoms with van der Waals surface area (Å²) in [7, 11) is 2.62. The first-order valence-corrected chi connectivity index (χ1v) is 9.32. The molecule has 4 fully saturated rings. The fraction of sp³-hybridized carbons (Fsp3) is 0.842. The number of hydrogen-bond donors (Lipinski definition) is 1. The second-order valence-corrected chi connectivity index (χ2v) is 8.43. The summed E-state index contributed by atoms with van der Waals surface area (Å²) in [5, 5.41) is 2.93. The number of hydrogen-bond acceptors (Lipinski definition) is 5. The summed E-state index contributed by atoms with van der Waals surface area (Å²) in [4.78, 5) is 36.9. The molecule has 0 spiro atoms. The first kappa shape index (κ1) is 18.2. The number of nitrogens with one attached hydrogen (secondary N) is 1. The van der Waals surface area contributed by atoms with E-state index >= 15 is 0 Å². The molecule has 0 aromatic rings. The summed E-state index contributed by atoms with van der Waals surface area (Å²) < 4.78 is 9.55. The number of amides is 1. The number of ether oxygens (including phenoxy) is 2. The number of carbonyl (C=O) groups excluding carboxylic acids is 3. The van der Waals surface area contributed by atoms with E-state index in [9.17, 15) is 14.4 Å². The number of carbonyl (C=O) groups is 3. The zero-order valence-electron chi connectivity index (χ0n) is 15.4. The molecule has 0 aromatic heterocycles. The molecular weight excluding hydrogens is 322 g/mol. The predicted molar refractivity (Wildman–Crippen MR) is 90.3 cm³/mol. The highest BCUT2D eigenvalue weighted by Crippen LogP contribution is 2.60. The Morgan fingerprint density at radius 3 is 1.96 bits per heavy atom. The first-order chi connectivity index (χ1) is 11.9. The lowest BCUT2D eigenvalue weighted by molar-refractivity contribution is -0.155. The van der Waals surface area contributed by atoms with Gasteiger partial charge in [-0.15, -0.1) is 0 Å². The van der Waals surface area contributed by atoms with Crippen LogP contribution in [0.2, 0.25) is 0 Å². The van der Waals surface area contributed by atoms with Crippen molar-refractivity contribution in [2.75, 3.05) is 14.2 Å². The summed E-state index contributed by atoms with van der Waals surface area (Å²) in [5.41, 5.74) is -0.327. The molecule has 4 bridgehead atoms. The highest BCUT2D eigenvalue weighted by atomic mass is 16.5. The van der Waals surface area contributed by atoms with Gasteiger partial charge in [0.2, 0.25) is 5.91 Å². The molecule has 1 N–H and O–H groups in total. The molecule has 6 heteroatoms. The van der Waals surface area contributed by atoms with Crippen molar-refractivity contribution >= 4 is 17.8 Å². The van der Waals surface area contributed by atoms with E-state index in [0.717, 1.165) is 19.3 Å². The Bertz CT molecular complexity index is 523. The maximum absolute atomic E-state index is 13.2. The van der Waals surface area contributed by atoms with Crippen LogP contribution in [-0.2, 0) is 23.9 Å². The van der Waals surface area contributed by atoms with Crippen LogP contribution in [0.15, 0.2) is 0 Å². The van der Waals surface area contributed by atoms with Gasteiger partial charge in [0, 0.05) is 5.41 Å².